The van der Waals surface area contributed by atoms with Gasteiger partial charge in [0, 0.05) is 12.7 Å². The van der Waals surface area contributed by atoms with Gasteiger partial charge in [0.15, 0.2) is 0 Å². The van der Waals surface area contributed by atoms with Crippen molar-refractivity contribution < 1.29 is 13.2 Å². The van der Waals surface area contributed by atoms with Gasteiger partial charge in [-0.3, -0.25) is 9.88 Å². The van der Waals surface area contributed by atoms with Crippen LogP contribution in [0, 0.1) is 12.8 Å². The lowest BCUT2D eigenvalue weighted by Crippen LogP contribution is -2.39. The van der Waals surface area contributed by atoms with Gasteiger partial charge in [0.2, 0.25) is 0 Å². The van der Waals surface area contributed by atoms with Crippen LogP contribution in [0.15, 0.2) is 73.0 Å². The lowest BCUT2D eigenvalue weighted by Gasteiger charge is -2.36. The monoisotopic (exact) mass is 471 g/mol. The highest BCUT2D eigenvalue weighted by Crippen LogP contribution is 2.31. The number of alkyl halides is 3. The van der Waals surface area contributed by atoms with E-state index < -0.39 is 11.7 Å². The van der Waals surface area contributed by atoms with E-state index in [1.165, 1.54) is 11.1 Å². The molecule has 0 N–H and O–H groups in total. The summed E-state index contributed by atoms with van der Waals surface area (Å²) >= 11 is 0. The number of allylic oxidation sites excluding steroid dienone is 2. The number of likely N-dealkylation sites (tertiary alicyclic amines) is 1. The van der Waals surface area contributed by atoms with Gasteiger partial charge in [-0.05, 0) is 88.5 Å². The molecule has 0 saturated carbocycles. The first kappa shape index (κ1) is 26.2. The van der Waals surface area contributed by atoms with Gasteiger partial charge in [-0.2, -0.15) is 13.2 Å². The molecule has 3 nitrogen and oxygen atoms in total. The van der Waals surface area contributed by atoms with Crippen molar-refractivity contribution >= 4 is 0 Å². The predicted molar refractivity (Wildman–Crippen MR) is 133 cm³/mol. The van der Waals surface area contributed by atoms with Crippen LogP contribution in [0.2, 0.25) is 0 Å². The second-order valence-corrected chi connectivity index (χ2v) is 9.48. The van der Waals surface area contributed by atoms with Crippen molar-refractivity contribution in [2.45, 2.75) is 44.8 Å². The number of pyridine rings is 1. The molecule has 1 atom stereocenters. The van der Waals surface area contributed by atoms with E-state index in [-0.39, 0.29) is 11.6 Å². The van der Waals surface area contributed by atoms with E-state index in [0.717, 1.165) is 44.7 Å². The molecule has 184 valence electrons. The highest BCUT2D eigenvalue weighted by Gasteiger charge is 2.33. The van der Waals surface area contributed by atoms with Crippen molar-refractivity contribution in [1.29, 1.82) is 0 Å². The Balaban J connectivity index is 1.51. The summed E-state index contributed by atoms with van der Waals surface area (Å²) in [5.74, 6) is 0.581. The van der Waals surface area contributed by atoms with Gasteiger partial charge in [-0.25, -0.2) is 0 Å². The van der Waals surface area contributed by atoms with Crippen molar-refractivity contribution in [3.8, 4) is 0 Å². The summed E-state index contributed by atoms with van der Waals surface area (Å²) in [6, 6.07) is 14.9. The van der Waals surface area contributed by atoms with Gasteiger partial charge in [0.05, 0.1) is 17.3 Å². The number of piperidine rings is 1. The number of halogens is 3. The number of benzene rings is 1. The Bertz CT molecular complexity index is 930. The maximum Gasteiger partial charge on any atom is 0.416 e. The number of hydrogen-bond acceptors (Lipinski definition) is 3. The first-order valence-corrected chi connectivity index (χ1v) is 12.0. The van der Waals surface area contributed by atoms with E-state index in [0.29, 0.717) is 18.8 Å². The van der Waals surface area contributed by atoms with E-state index in [4.69, 9.17) is 0 Å². The van der Waals surface area contributed by atoms with E-state index >= 15 is 0 Å². The van der Waals surface area contributed by atoms with Gasteiger partial charge in [-0.15, -0.1) is 0 Å². The van der Waals surface area contributed by atoms with Gasteiger partial charge in [0.1, 0.15) is 0 Å². The predicted octanol–water partition coefficient (Wildman–Crippen LogP) is 6.58. The molecule has 2 aromatic rings. The molecule has 34 heavy (non-hydrogen) atoms. The van der Waals surface area contributed by atoms with Gasteiger partial charge in [0.25, 0.3) is 0 Å². The Morgan fingerprint density at radius 2 is 1.79 bits per heavy atom. The fourth-order valence-corrected chi connectivity index (χ4v) is 4.71. The lowest BCUT2D eigenvalue weighted by atomic mass is 9.93. The average molecular weight is 472 g/mol. The minimum atomic E-state index is -4.38. The highest BCUT2D eigenvalue weighted by molar-refractivity contribution is 5.30. The fraction of sp³-hybridized carbons (Fsp3) is 0.464. The topological polar surface area (TPSA) is 19.4 Å². The Morgan fingerprint density at radius 3 is 2.38 bits per heavy atom. The SMILES string of the molecule is C=C(CCCN1CCC(CN(C)C(c2ccc(C)cc2)c2ccccn2)CC1)C(=C)C(F)(F)F. The molecule has 0 radical (unpaired) electrons. The summed E-state index contributed by atoms with van der Waals surface area (Å²) < 4.78 is 38.2. The van der Waals surface area contributed by atoms with Gasteiger partial charge in [-0.1, -0.05) is 49.1 Å². The number of nitrogens with zero attached hydrogens (tertiary/aromatic N) is 3. The molecule has 1 fully saturated rings. The van der Waals surface area contributed by atoms with E-state index in [2.05, 4.69) is 72.2 Å². The molecule has 1 aromatic heterocycles. The Hall–Kier alpha value is -2.44. The normalized spacial score (nSPS) is 16.5. The van der Waals surface area contributed by atoms with Crippen LogP contribution < -0.4 is 0 Å². The van der Waals surface area contributed by atoms with Crippen molar-refractivity contribution in [3.05, 3.63) is 89.8 Å². The molecule has 6 heteroatoms. The molecule has 2 heterocycles. The second-order valence-electron chi connectivity index (χ2n) is 9.48. The smallest absolute Gasteiger partial charge is 0.303 e. The zero-order valence-electron chi connectivity index (χ0n) is 20.3. The fourth-order valence-electron chi connectivity index (χ4n) is 4.71. The maximum absolute atomic E-state index is 12.7. The minimum Gasteiger partial charge on any atom is -0.303 e. The van der Waals surface area contributed by atoms with E-state index in [9.17, 15) is 13.2 Å². The molecule has 1 saturated heterocycles. The lowest BCUT2D eigenvalue weighted by molar-refractivity contribution is -0.0891. The molecular formula is C28H36F3N3. The molecular weight excluding hydrogens is 435 g/mol. The number of rotatable bonds is 10. The van der Waals surface area contributed by atoms with Crippen LogP contribution in [0.5, 0.6) is 0 Å². The van der Waals surface area contributed by atoms with Crippen LogP contribution in [0.4, 0.5) is 13.2 Å². The summed E-state index contributed by atoms with van der Waals surface area (Å²) in [5.41, 5.74) is 2.83. The first-order valence-electron chi connectivity index (χ1n) is 12.0. The quantitative estimate of drug-likeness (QED) is 0.365. The van der Waals surface area contributed by atoms with Crippen molar-refractivity contribution in [2.24, 2.45) is 5.92 Å². The van der Waals surface area contributed by atoms with Crippen LogP contribution in [0.25, 0.3) is 0 Å². The zero-order chi connectivity index (χ0) is 24.7. The van der Waals surface area contributed by atoms with Crippen LogP contribution >= 0.6 is 0 Å². The Morgan fingerprint density at radius 1 is 1.12 bits per heavy atom. The van der Waals surface area contributed by atoms with Crippen LogP contribution in [0.3, 0.4) is 0 Å². The summed E-state index contributed by atoms with van der Waals surface area (Å²) in [5, 5.41) is 0. The molecule has 1 aromatic carbocycles. The largest absolute Gasteiger partial charge is 0.416 e. The van der Waals surface area contributed by atoms with Gasteiger partial charge < -0.3 is 4.90 Å². The van der Waals surface area contributed by atoms with Crippen molar-refractivity contribution in [2.75, 3.05) is 33.2 Å². The van der Waals surface area contributed by atoms with Crippen LogP contribution in [0.1, 0.15) is 48.5 Å². The summed E-state index contributed by atoms with van der Waals surface area (Å²) in [6.45, 7) is 12.5. The van der Waals surface area contributed by atoms with E-state index in [1.807, 2.05) is 18.3 Å². The third kappa shape index (κ3) is 7.28. The molecule has 0 amide bonds. The molecule has 0 spiro atoms. The average Bonchev–Trinajstić information content (AvgIpc) is 2.81. The van der Waals surface area contributed by atoms with Crippen LogP contribution in [-0.2, 0) is 0 Å². The molecule has 1 aliphatic rings. The number of hydrogen-bond donors (Lipinski definition) is 0. The van der Waals surface area contributed by atoms with Crippen LogP contribution in [-0.4, -0.2) is 54.2 Å². The summed E-state index contributed by atoms with van der Waals surface area (Å²) in [6.07, 6.45) is 0.651. The summed E-state index contributed by atoms with van der Waals surface area (Å²) in [7, 11) is 2.17. The number of aromatic nitrogens is 1. The molecule has 3 rings (SSSR count). The maximum atomic E-state index is 12.7. The second kappa shape index (κ2) is 11.8. The summed E-state index contributed by atoms with van der Waals surface area (Å²) in [4.78, 5) is 9.41. The first-order chi connectivity index (χ1) is 16.1. The van der Waals surface area contributed by atoms with Gasteiger partial charge >= 0.3 is 6.18 Å². The third-order valence-corrected chi connectivity index (χ3v) is 6.78. The molecule has 0 aliphatic carbocycles. The molecule has 1 aliphatic heterocycles. The third-order valence-electron chi connectivity index (χ3n) is 6.78. The standard InChI is InChI=1S/C28H36F3N3/c1-21-10-12-25(13-11-21)27(26-9-5-6-16-32-26)33(4)20-24-14-18-34(19-15-24)17-7-8-22(2)23(3)28(29,30)31/h5-6,9-13,16,24,27H,2-3,7-8,14-15,17-20H2,1,4H3. The highest BCUT2D eigenvalue weighted by atomic mass is 19.4. The zero-order valence-corrected chi connectivity index (χ0v) is 20.3. The molecule has 0 bridgehead atoms. The Labute approximate surface area is 202 Å². The number of aryl methyl sites for hydroxylation is 1. The minimum absolute atomic E-state index is 0.0979. The Kier molecular flexibility index (Phi) is 9.09. The van der Waals surface area contributed by atoms with Crippen molar-refractivity contribution in [1.82, 2.24) is 14.8 Å². The molecule has 1 unspecified atom stereocenters. The van der Waals surface area contributed by atoms with Crippen molar-refractivity contribution in [3.63, 3.8) is 0 Å². The van der Waals surface area contributed by atoms with E-state index in [1.54, 1.807) is 0 Å².